The van der Waals surface area contributed by atoms with E-state index in [1.54, 1.807) is 18.3 Å². The van der Waals surface area contributed by atoms with Gasteiger partial charge in [-0.2, -0.15) is 0 Å². The zero-order valence-corrected chi connectivity index (χ0v) is 14.6. The molecule has 1 unspecified atom stereocenters. The molecule has 134 valence electrons. The number of rotatable bonds is 4. The zero-order valence-electron chi connectivity index (χ0n) is 14.6. The third-order valence-electron chi connectivity index (χ3n) is 5.06. The molecular formula is C19H20N4O3. The van der Waals surface area contributed by atoms with Crippen molar-refractivity contribution in [2.45, 2.75) is 25.3 Å². The second-order valence-corrected chi connectivity index (χ2v) is 6.53. The van der Waals surface area contributed by atoms with Gasteiger partial charge in [-0.25, -0.2) is 9.97 Å². The average molecular weight is 352 g/mol. The summed E-state index contributed by atoms with van der Waals surface area (Å²) in [5, 5.41) is 2.89. The first kappa shape index (κ1) is 16.7. The summed E-state index contributed by atoms with van der Waals surface area (Å²) >= 11 is 0. The number of anilines is 2. The van der Waals surface area contributed by atoms with Crippen LogP contribution in [0.1, 0.15) is 29.5 Å². The average Bonchev–Trinajstić information content (AvgIpc) is 2.69. The molecule has 1 aromatic heterocycles. The van der Waals surface area contributed by atoms with E-state index in [4.69, 9.17) is 4.74 Å². The van der Waals surface area contributed by atoms with Gasteiger partial charge in [0.05, 0.1) is 25.8 Å². The molecule has 0 saturated carbocycles. The molecule has 4 rings (SSSR count). The van der Waals surface area contributed by atoms with E-state index in [-0.39, 0.29) is 18.1 Å². The molecule has 1 saturated heterocycles. The summed E-state index contributed by atoms with van der Waals surface area (Å²) in [5.74, 6) is 0.990. The van der Waals surface area contributed by atoms with Crippen LogP contribution < -0.4 is 10.2 Å². The molecule has 2 aliphatic heterocycles. The summed E-state index contributed by atoms with van der Waals surface area (Å²) in [6.45, 7) is 3.42. The van der Waals surface area contributed by atoms with Crippen LogP contribution in [0.15, 0.2) is 36.5 Å². The van der Waals surface area contributed by atoms with E-state index in [1.807, 2.05) is 30.0 Å². The molecule has 3 heterocycles. The lowest BCUT2D eigenvalue weighted by Crippen LogP contribution is -2.66. The lowest BCUT2D eigenvalue weighted by Gasteiger charge is -2.48. The Balaban J connectivity index is 1.66. The normalized spacial score (nSPS) is 21.6. The van der Waals surface area contributed by atoms with Gasteiger partial charge in [0.2, 0.25) is 0 Å². The summed E-state index contributed by atoms with van der Waals surface area (Å²) < 4.78 is 5.57. The number of hydrogen-bond donors (Lipinski definition) is 1. The quantitative estimate of drug-likeness (QED) is 0.845. The Morgan fingerprint density at radius 2 is 2.15 bits per heavy atom. The molecule has 1 atom stereocenters. The van der Waals surface area contributed by atoms with E-state index in [1.165, 1.54) is 0 Å². The molecular weight excluding hydrogens is 332 g/mol. The highest BCUT2D eigenvalue weighted by Gasteiger charge is 2.49. The molecule has 1 aromatic carbocycles. The third kappa shape index (κ3) is 2.64. The van der Waals surface area contributed by atoms with Crippen LogP contribution in [0.25, 0.3) is 0 Å². The van der Waals surface area contributed by atoms with E-state index < -0.39 is 5.54 Å². The predicted octanol–water partition coefficient (Wildman–Crippen LogP) is 1.84. The SMILES string of the molecule is CCC12COCCN1c1nc(CC(=O)c3ccccc3)ncc1NC2=O. The summed E-state index contributed by atoms with van der Waals surface area (Å²) in [4.78, 5) is 36.0. The molecule has 7 heteroatoms. The number of morpholine rings is 1. The molecule has 7 nitrogen and oxygen atoms in total. The predicted molar refractivity (Wildman–Crippen MR) is 96.3 cm³/mol. The Hall–Kier alpha value is -2.80. The summed E-state index contributed by atoms with van der Waals surface area (Å²) in [7, 11) is 0. The highest BCUT2D eigenvalue weighted by molar-refractivity contribution is 6.06. The second-order valence-electron chi connectivity index (χ2n) is 6.53. The number of aromatic nitrogens is 2. The minimum atomic E-state index is -0.750. The van der Waals surface area contributed by atoms with Gasteiger partial charge in [0.25, 0.3) is 5.91 Å². The number of hydrogen-bond acceptors (Lipinski definition) is 6. The fraction of sp³-hybridized carbons (Fsp3) is 0.368. The van der Waals surface area contributed by atoms with Crippen molar-refractivity contribution in [2.75, 3.05) is 30.0 Å². The summed E-state index contributed by atoms with van der Waals surface area (Å²) in [6.07, 6.45) is 2.32. The van der Waals surface area contributed by atoms with Gasteiger partial charge in [0, 0.05) is 12.1 Å². The fourth-order valence-electron chi connectivity index (χ4n) is 3.53. The molecule has 0 radical (unpaired) electrons. The van der Waals surface area contributed by atoms with E-state index in [0.29, 0.717) is 49.1 Å². The van der Waals surface area contributed by atoms with Gasteiger partial charge in [-0.3, -0.25) is 9.59 Å². The van der Waals surface area contributed by atoms with E-state index in [0.717, 1.165) is 0 Å². The maximum atomic E-state index is 12.6. The van der Waals surface area contributed by atoms with Crippen molar-refractivity contribution in [3.8, 4) is 0 Å². The Kier molecular flexibility index (Phi) is 4.16. The fourth-order valence-corrected chi connectivity index (χ4v) is 3.53. The van der Waals surface area contributed by atoms with Crippen LogP contribution in [0.5, 0.6) is 0 Å². The molecule has 1 fully saturated rings. The second kappa shape index (κ2) is 6.49. The van der Waals surface area contributed by atoms with E-state index >= 15 is 0 Å². The molecule has 2 aliphatic rings. The van der Waals surface area contributed by atoms with Crippen molar-refractivity contribution in [3.05, 3.63) is 47.9 Å². The molecule has 0 bridgehead atoms. The number of nitrogens with one attached hydrogen (secondary N) is 1. The molecule has 1 amide bonds. The Labute approximate surface area is 151 Å². The number of carbonyl (C=O) groups excluding carboxylic acids is 2. The Morgan fingerprint density at radius 1 is 1.35 bits per heavy atom. The number of fused-ring (bicyclic) bond motifs is 3. The molecule has 0 spiro atoms. The number of ketones is 1. The minimum Gasteiger partial charge on any atom is -0.377 e. The number of benzene rings is 1. The maximum absolute atomic E-state index is 12.6. The van der Waals surface area contributed by atoms with Crippen LogP contribution in [0.2, 0.25) is 0 Å². The first-order valence-electron chi connectivity index (χ1n) is 8.75. The largest absolute Gasteiger partial charge is 0.377 e. The monoisotopic (exact) mass is 352 g/mol. The van der Waals surface area contributed by atoms with Crippen molar-refractivity contribution in [2.24, 2.45) is 0 Å². The maximum Gasteiger partial charge on any atom is 0.252 e. The van der Waals surface area contributed by atoms with Crippen molar-refractivity contribution >= 4 is 23.2 Å². The lowest BCUT2D eigenvalue weighted by atomic mass is 9.90. The first-order chi connectivity index (χ1) is 12.6. The number of ether oxygens (including phenoxy) is 1. The van der Waals surface area contributed by atoms with Gasteiger partial charge in [0.1, 0.15) is 17.1 Å². The van der Waals surface area contributed by atoms with Gasteiger partial charge < -0.3 is 15.0 Å². The smallest absolute Gasteiger partial charge is 0.252 e. The van der Waals surface area contributed by atoms with Crippen LogP contribution in [0.3, 0.4) is 0 Å². The number of carbonyl (C=O) groups is 2. The summed E-state index contributed by atoms with van der Waals surface area (Å²) in [5.41, 5.74) is 0.466. The highest BCUT2D eigenvalue weighted by atomic mass is 16.5. The number of Topliss-reactive ketones (excluding diaryl/α,β-unsaturated/α-hetero) is 1. The Bertz CT molecular complexity index is 855. The molecule has 2 aromatic rings. The van der Waals surface area contributed by atoms with Gasteiger partial charge >= 0.3 is 0 Å². The van der Waals surface area contributed by atoms with Gasteiger partial charge in [-0.05, 0) is 6.42 Å². The molecule has 26 heavy (non-hydrogen) atoms. The van der Waals surface area contributed by atoms with Gasteiger partial charge in [-0.15, -0.1) is 0 Å². The van der Waals surface area contributed by atoms with Crippen LogP contribution in [0, 0.1) is 0 Å². The van der Waals surface area contributed by atoms with Crippen LogP contribution in [-0.2, 0) is 16.0 Å². The topological polar surface area (TPSA) is 84.4 Å². The van der Waals surface area contributed by atoms with E-state index in [2.05, 4.69) is 15.3 Å². The lowest BCUT2D eigenvalue weighted by molar-refractivity contribution is -0.125. The first-order valence-corrected chi connectivity index (χ1v) is 8.75. The van der Waals surface area contributed by atoms with E-state index in [9.17, 15) is 9.59 Å². The molecule has 0 aliphatic carbocycles. The Morgan fingerprint density at radius 3 is 2.92 bits per heavy atom. The highest BCUT2D eigenvalue weighted by Crippen LogP contribution is 2.38. The van der Waals surface area contributed by atoms with Crippen molar-refractivity contribution in [1.82, 2.24) is 9.97 Å². The van der Waals surface area contributed by atoms with Crippen LogP contribution in [0.4, 0.5) is 11.5 Å². The minimum absolute atomic E-state index is 0.0332. The number of amides is 1. The van der Waals surface area contributed by atoms with Crippen molar-refractivity contribution < 1.29 is 14.3 Å². The van der Waals surface area contributed by atoms with Crippen LogP contribution >= 0.6 is 0 Å². The summed E-state index contributed by atoms with van der Waals surface area (Å²) in [6, 6.07) is 9.10. The zero-order chi connectivity index (χ0) is 18.1. The van der Waals surface area contributed by atoms with Crippen molar-refractivity contribution in [3.63, 3.8) is 0 Å². The van der Waals surface area contributed by atoms with Crippen LogP contribution in [-0.4, -0.2) is 47.0 Å². The standard InChI is InChI=1S/C19H20N4O3/c1-2-19-12-26-9-8-23(19)17-14(21-18(19)25)11-20-16(22-17)10-15(24)13-6-4-3-5-7-13/h3-7,11H,2,8-10,12H2,1H3,(H,21,25). The third-order valence-corrected chi connectivity index (χ3v) is 5.06. The van der Waals surface area contributed by atoms with Crippen molar-refractivity contribution in [1.29, 1.82) is 0 Å². The van der Waals surface area contributed by atoms with Gasteiger partial charge in [0.15, 0.2) is 11.6 Å². The molecule has 1 N–H and O–H groups in total. The van der Waals surface area contributed by atoms with Gasteiger partial charge in [-0.1, -0.05) is 37.3 Å². The number of nitrogens with zero attached hydrogens (tertiary/aromatic N) is 3.